The van der Waals surface area contributed by atoms with Gasteiger partial charge in [-0.15, -0.1) is 0 Å². The molecule has 0 bridgehead atoms. The fourth-order valence-electron chi connectivity index (χ4n) is 21.9. The van der Waals surface area contributed by atoms with Crippen molar-refractivity contribution in [3.8, 4) is 0 Å². The van der Waals surface area contributed by atoms with Crippen molar-refractivity contribution < 1.29 is 4.74 Å². The van der Waals surface area contributed by atoms with Crippen LogP contribution < -0.4 is 54.4 Å². The van der Waals surface area contributed by atoms with E-state index in [0.29, 0.717) is 83.6 Å². The van der Waals surface area contributed by atoms with Crippen LogP contribution in [-0.4, -0.2) is 185 Å². The van der Waals surface area contributed by atoms with Crippen LogP contribution in [0.4, 0.5) is 29.1 Å². The van der Waals surface area contributed by atoms with Crippen molar-refractivity contribution in [1.29, 1.82) is 0 Å². The molecule has 5 aromatic carbocycles. The minimum atomic E-state index is -0.146. The summed E-state index contributed by atoms with van der Waals surface area (Å²) in [4.78, 5) is 152. The van der Waals surface area contributed by atoms with Crippen LogP contribution in [0, 0.1) is 34.6 Å². The topological polar surface area (TPSA) is 458 Å². The Bertz CT molecular complexity index is 8610. The molecule has 24 rings (SSSR count). The van der Waals surface area contributed by atoms with Crippen molar-refractivity contribution in [2.24, 2.45) is 0 Å². The number of pyridine rings is 5. The molecule has 150 heavy (non-hydrogen) atoms. The third kappa shape index (κ3) is 21.4. The van der Waals surface area contributed by atoms with Gasteiger partial charge in [0, 0.05) is 86.0 Å². The minimum Gasteiger partial charge on any atom is -0.381 e. The molecule has 10 N–H and O–H groups in total. The number of imidazole rings is 5. The number of anilines is 5. The van der Waals surface area contributed by atoms with Crippen molar-refractivity contribution in [2.75, 3.05) is 79.1 Å². The third-order valence-electron chi connectivity index (χ3n) is 29.5. The Morgan fingerprint density at radius 3 is 0.887 bits per heavy atom. The van der Waals surface area contributed by atoms with E-state index in [1.54, 1.807) is 31.6 Å². The summed E-state index contributed by atoms with van der Waals surface area (Å²) >= 11 is 0. The molecule has 3 saturated heterocycles. The zero-order valence-corrected chi connectivity index (χ0v) is 87.6. The monoisotopic (exact) mass is 2040 g/mol. The summed E-state index contributed by atoms with van der Waals surface area (Å²) in [5.41, 5.74) is 17.0. The maximum Gasteiger partial charge on any atom is 0.259 e. The molecule has 4 unspecified atom stereocenters. The van der Waals surface area contributed by atoms with Crippen LogP contribution in [0.5, 0.6) is 0 Å². The Labute approximate surface area is 871 Å². The number of ether oxygens (including phenoxy) is 1. The highest BCUT2D eigenvalue weighted by molar-refractivity contribution is 7.59. The number of hydrogen-bond acceptors (Lipinski definition) is 28. The van der Waals surface area contributed by atoms with Crippen LogP contribution in [0.1, 0.15) is 224 Å². The summed E-state index contributed by atoms with van der Waals surface area (Å²) in [5.74, 6) is 3.38. The Morgan fingerprint density at radius 2 is 0.573 bits per heavy atom. The number of rotatable bonds is 24. The van der Waals surface area contributed by atoms with Crippen LogP contribution >= 0.6 is 13.5 Å². The van der Waals surface area contributed by atoms with Crippen molar-refractivity contribution >= 4 is 152 Å². The number of benzene rings is 5. The SMILES string of the molecule is Cc1cccc2cc(C(C)Nc3ncnc4nc[nH]c34)n(C3CCCC3)c(=O)c12.Cc1cccc2cc(C(C)Nc3ncnc4nc[nH]c34)n(C3CCOCC3)c(=O)c12.Cc1cccc2cc(C(C)Nc3ncnc4nc[nH]c34)n(CCN3CCCC3)c(=O)c12.Cc1cccc2cc(C(C)Nc3ncnc4nc[nH]c34)n(CCN3CCCCC3)c(=O)c12.Cc1cccc2cc([C@H](C)Nc3ncnc4nc[nH]c34)n(C(C)C)c(=O)c12.S. The highest BCUT2D eigenvalue weighted by Gasteiger charge is 2.31. The van der Waals surface area contributed by atoms with Gasteiger partial charge in [-0.1, -0.05) is 110 Å². The van der Waals surface area contributed by atoms with E-state index in [0.717, 1.165) is 203 Å². The number of aromatic amines is 5. The quantitative estimate of drug-likeness (QED) is 0.0269. The molecule has 774 valence electrons. The standard InChI is InChI=1S/C24H29N7O.C23H27N7O.C22H24N6O2.C22H24N6O.C20H22N6O.H2S/c1-16-7-6-8-18-13-19(17(2)29-23-21-22(26-14-25-21)27-15-28-23)31(24(32)20(16)18)12-11-30-9-4-3-5-10-30;1-15-6-5-7-17-12-18(16(2)28-22-20-21(25-13-24-20)26-14-27-22)30(23(31)19(15)17)11-10-29-8-3-4-9-29;1-13-4-3-5-15-10-17(28(22(29)18(13)15)16-6-8-30-9-7-16)14(2)27-21-19-20(24-11-23-19)25-12-26-21;1-13-6-5-7-15-10-17(28(22(29)18(13)15)16-8-3-4-9-16)14(2)27-21-19-20(24-11-23-19)25-12-26-21;1-11(2)26-15(8-14-7-5-6-12(3)16(14)20(26)27)13(4)25-19-17-18(22-9-21-17)23-10-24-19;/h6-8,13-15,17H,3-5,9-12H2,1-2H3,(H2,25,26,27,28,29);5-7,12-14,16H,3-4,8-11H2,1-2H3,(H2,24,25,26,27,28);3-5,10-12,14,16H,6-9H2,1-2H3,(H2,23,24,25,26,27);5-7,10-12,14,16H,3-4,8-9H2,1-2H3,(H2,23,24,25,26,27);5-11,13H,1-4H3,(H2,21,22,23,24,25);1H2/t;;;;13-;/m....0./s1. The molecule has 20 aromatic rings. The van der Waals surface area contributed by atoms with Crippen LogP contribution in [0.2, 0.25) is 0 Å². The van der Waals surface area contributed by atoms with Crippen LogP contribution in [-0.2, 0) is 17.8 Å². The average molecular weight is 2040 g/mol. The van der Waals surface area contributed by atoms with Gasteiger partial charge in [0.1, 0.15) is 59.2 Å². The van der Waals surface area contributed by atoms with Crippen LogP contribution in [0.25, 0.3) is 110 Å². The number of H-pyrrole nitrogens is 5. The molecule has 1 saturated carbocycles. The van der Waals surface area contributed by atoms with Gasteiger partial charge in [0.2, 0.25) is 0 Å². The summed E-state index contributed by atoms with van der Waals surface area (Å²) in [6.07, 6.45) is 27.9. The second kappa shape index (κ2) is 45.5. The predicted octanol–water partition coefficient (Wildman–Crippen LogP) is 18.5. The number of nitrogens with zero attached hydrogens (tertiary/aromatic N) is 22. The summed E-state index contributed by atoms with van der Waals surface area (Å²) in [6, 6.07) is 40.5. The number of aromatic nitrogens is 25. The first kappa shape index (κ1) is 103. The molecule has 4 aliphatic rings. The number of aryl methyl sites for hydroxylation is 5. The third-order valence-corrected chi connectivity index (χ3v) is 29.5. The zero-order chi connectivity index (χ0) is 103. The van der Waals surface area contributed by atoms with Gasteiger partial charge in [-0.25, -0.2) is 74.8 Å². The van der Waals surface area contributed by atoms with Gasteiger partial charge in [-0.05, 0) is 246 Å². The molecule has 18 heterocycles. The number of fused-ring (bicyclic) bond motifs is 10. The first-order valence-electron chi connectivity index (χ1n) is 51.7. The molecular formula is C111H128N32O6S. The lowest BCUT2D eigenvalue weighted by atomic mass is 10.0. The Hall–Kier alpha value is -15.9. The van der Waals surface area contributed by atoms with E-state index in [4.69, 9.17) is 4.74 Å². The lowest BCUT2D eigenvalue weighted by Gasteiger charge is -2.30. The van der Waals surface area contributed by atoms with Crippen LogP contribution in [0.15, 0.2) is 209 Å². The van der Waals surface area contributed by atoms with E-state index in [2.05, 4.69) is 194 Å². The number of piperidine rings is 1. The molecule has 5 atom stereocenters. The molecule has 38 nitrogen and oxygen atoms in total. The maximum absolute atomic E-state index is 13.6. The minimum absolute atomic E-state index is 0. The van der Waals surface area contributed by atoms with Crippen molar-refractivity contribution in [2.45, 2.75) is 215 Å². The molecule has 1 aliphatic carbocycles. The van der Waals surface area contributed by atoms with E-state index in [-0.39, 0.29) is 89.6 Å². The van der Waals surface area contributed by atoms with E-state index in [9.17, 15) is 24.0 Å². The lowest BCUT2D eigenvalue weighted by Crippen LogP contribution is -2.36. The van der Waals surface area contributed by atoms with E-state index < -0.39 is 0 Å². The van der Waals surface area contributed by atoms with E-state index in [1.807, 2.05) is 169 Å². The molecule has 0 spiro atoms. The van der Waals surface area contributed by atoms with Crippen molar-refractivity contribution in [3.63, 3.8) is 0 Å². The first-order chi connectivity index (χ1) is 72.5. The second-order valence-corrected chi connectivity index (χ2v) is 39.8. The largest absolute Gasteiger partial charge is 0.381 e. The fraction of sp³-hybridized carbons (Fsp3) is 0.369. The first-order valence-corrected chi connectivity index (χ1v) is 51.7. The molecule has 15 aromatic heterocycles. The molecule has 39 heteroatoms. The zero-order valence-electron chi connectivity index (χ0n) is 86.6. The van der Waals surface area contributed by atoms with Gasteiger partial charge in [-0.3, -0.25) is 24.0 Å². The number of nitrogens with one attached hydrogen (secondary N) is 10. The summed E-state index contributed by atoms with van der Waals surface area (Å²) in [5, 5.41) is 26.1. The predicted molar refractivity (Wildman–Crippen MR) is 597 cm³/mol. The molecular weight excluding hydrogens is 1910 g/mol. The lowest BCUT2D eigenvalue weighted by molar-refractivity contribution is 0.0678. The molecule has 0 radical (unpaired) electrons. The fourth-order valence-corrected chi connectivity index (χ4v) is 21.9. The van der Waals surface area contributed by atoms with Crippen LogP contribution in [0.3, 0.4) is 0 Å². The van der Waals surface area contributed by atoms with Crippen molar-refractivity contribution in [3.05, 3.63) is 293 Å². The Balaban J connectivity index is 0.000000118. The number of likely N-dealkylation sites (tertiary alicyclic amines) is 2. The highest BCUT2D eigenvalue weighted by Crippen LogP contribution is 2.38. The normalized spacial score (nSPS) is 15.3. The summed E-state index contributed by atoms with van der Waals surface area (Å²) < 4.78 is 15.3. The second-order valence-electron chi connectivity index (χ2n) is 39.8. The van der Waals surface area contributed by atoms with Gasteiger partial charge >= 0.3 is 0 Å². The van der Waals surface area contributed by atoms with Gasteiger partial charge in [0.25, 0.3) is 27.8 Å². The maximum atomic E-state index is 13.6. The summed E-state index contributed by atoms with van der Waals surface area (Å²) in [7, 11) is 0. The number of hydrogen-bond donors (Lipinski definition) is 10. The van der Waals surface area contributed by atoms with E-state index >= 15 is 0 Å². The van der Waals surface area contributed by atoms with E-state index in [1.165, 1.54) is 76.6 Å². The van der Waals surface area contributed by atoms with Gasteiger partial charge < -0.3 is 88.9 Å². The molecule has 3 aliphatic heterocycles. The Morgan fingerprint density at radius 1 is 0.307 bits per heavy atom. The van der Waals surface area contributed by atoms with Gasteiger partial charge in [0.15, 0.2) is 57.3 Å². The van der Waals surface area contributed by atoms with Gasteiger partial charge in [-0.2, -0.15) is 13.5 Å². The van der Waals surface area contributed by atoms with Crippen molar-refractivity contribution in [1.82, 2.24) is 132 Å². The smallest absolute Gasteiger partial charge is 0.259 e. The Kier molecular flexibility index (Phi) is 31.1. The highest BCUT2D eigenvalue weighted by atomic mass is 32.1. The molecule has 0 amide bonds. The van der Waals surface area contributed by atoms with Gasteiger partial charge in [0.05, 0.1) is 88.8 Å². The summed E-state index contributed by atoms with van der Waals surface area (Å²) in [6.45, 7) is 33.3. The molecule has 4 fully saturated rings. The average Bonchev–Trinajstić information content (AvgIpc) is 1.18.